The van der Waals surface area contributed by atoms with Gasteiger partial charge in [-0.3, -0.25) is 0 Å². The van der Waals surface area contributed by atoms with Crippen LogP contribution in [0.25, 0.3) is 0 Å². The molecule has 0 saturated heterocycles. The Labute approximate surface area is 62.8 Å². The first kappa shape index (κ1) is 7.80. The summed E-state index contributed by atoms with van der Waals surface area (Å²) in [6.45, 7) is 6.45. The Balaban J connectivity index is 2.53. The Kier molecular flexibility index (Phi) is 2.50. The molecule has 58 valence electrons. The SMILES string of the molecule is C=C1CCCC(C)[C@@H]1CO. The van der Waals surface area contributed by atoms with E-state index in [-0.39, 0.29) is 0 Å². The maximum absolute atomic E-state index is 8.97. The average Bonchev–Trinajstić information content (AvgIpc) is 1.88. The molecule has 0 aromatic heterocycles. The van der Waals surface area contributed by atoms with Crippen molar-refractivity contribution in [2.24, 2.45) is 11.8 Å². The van der Waals surface area contributed by atoms with Gasteiger partial charge in [0.05, 0.1) is 0 Å². The van der Waals surface area contributed by atoms with Crippen LogP contribution < -0.4 is 0 Å². The van der Waals surface area contributed by atoms with Crippen LogP contribution in [0.1, 0.15) is 26.2 Å². The molecule has 0 bridgehead atoms. The van der Waals surface area contributed by atoms with E-state index in [0.717, 1.165) is 6.42 Å². The van der Waals surface area contributed by atoms with Crippen molar-refractivity contribution in [2.75, 3.05) is 6.61 Å². The van der Waals surface area contributed by atoms with Gasteiger partial charge in [-0.05, 0) is 25.2 Å². The van der Waals surface area contributed by atoms with E-state index in [9.17, 15) is 0 Å². The van der Waals surface area contributed by atoms with Gasteiger partial charge in [-0.1, -0.05) is 19.1 Å². The lowest BCUT2D eigenvalue weighted by atomic mass is 9.78. The summed E-state index contributed by atoms with van der Waals surface area (Å²) in [4.78, 5) is 0. The quantitative estimate of drug-likeness (QED) is 0.552. The molecule has 0 aliphatic heterocycles. The normalized spacial score (nSPS) is 34.4. The summed E-state index contributed by atoms with van der Waals surface area (Å²) < 4.78 is 0. The molecular formula is C9H16O. The number of aliphatic hydroxyl groups excluding tert-OH is 1. The Hall–Kier alpha value is -0.300. The van der Waals surface area contributed by atoms with Crippen LogP contribution in [0.2, 0.25) is 0 Å². The topological polar surface area (TPSA) is 20.2 Å². The summed E-state index contributed by atoms with van der Waals surface area (Å²) in [7, 11) is 0. The summed E-state index contributed by atoms with van der Waals surface area (Å²) in [5.41, 5.74) is 1.25. The molecule has 1 unspecified atom stereocenters. The largest absolute Gasteiger partial charge is 0.396 e. The first-order valence-electron chi connectivity index (χ1n) is 4.04. The molecule has 0 heterocycles. The predicted octanol–water partition coefficient (Wildman–Crippen LogP) is 1.97. The average molecular weight is 140 g/mol. The second-order valence-corrected chi connectivity index (χ2v) is 3.32. The molecule has 0 spiro atoms. The van der Waals surface area contributed by atoms with Gasteiger partial charge in [-0.25, -0.2) is 0 Å². The minimum Gasteiger partial charge on any atom is -0.396 e. The van der Waals surface area contributed by atoms with E-state index in [1.807, 2.05) is 0 Å². The lowest BCUT2D eigenvalue weighted by Gasteiger charge is -2.29. The van der Waals surface area contributed by atoms with E-state index in [4.69, 9.17) is 5.11 Å². The summed E-state index contributed by atoms with van der Waals surface area (Å²) in [6.07, 6.45) is 3.64. The molecule has 1 fully saturated rings. The van der Waals surface area contributed by atoms with Crippen LogP contribution in [0, 0.1) is 11.8 Å². The summed E-state index contributed by atoms with van der Waals surface area (Å²) in [6, 6.07) is 0. The molecule has 0 aromatic rings. The Morgan fingerprint density at radius 2 is 2.40 bits per heavy atom. The molecule has 0 aromatic carbocycles. The third-order valence-electron chi connectivity index (χ3n) is 2.57. The van der Waals surface area contributed by atoms with Gasteiger partial charge in [-0.2, -0.15) is 0 Å². The molecule has 1 saturated carbocycles. The first-order valence-corrected chi connectivity index (χ1v) is 4.04. The van der Waals surface area contributed by atoms with Crippen molar-refractivity contribution in [3.05, 3.63) is 12.2 Å². The smallest absolute Gasteiger partial charge is 0.0498 e. The monoisotopic (exact) mass is 140 g/mol. The van der Waals surface area contributed by atoms with Crippen LogP contribution in [0.3, 0.4) is 0 Å². The lowest BCUT2D eigenvalue weighted by Crippen LogP contribution is -2.21. The molecule has 1 rings (SSSR count). The van der Waals surface area contributed by atoms with Crippen LogP contribution in [-0.2, 0) is 0 Å². The van der Waals surface area contributed by atoms with Crippen molar-refractivity contribution < 1.29 is 5.11 Å². The maximum atomic E-state index is 8.97. The molecular weight excluding hydrogens is 124 g/mol. The molecule has 0 radical (unpaired) electrons. The van der Waals surface area contributed by atoms with Gasteiger partial charge in [0, 0.05) is 12.5 Å². The third kappa shape index (κ3) is 1.40. The van der Waals surface area contributed by atoms with Gasteiger partial charge in [0.25, 0.3) is 0 Å². The number of aliphatic hydroxyl groups is 1. The Bertz CT molecular complexity index is 129. The molecule has 1 N–H and O–H groups in total. The van der Waals surface area contributed by atoms with Gasteiger partial charge in [0.15, 0.2) is 0 Å². The number of rotatable bonds is 1. The van der Waals surface area contributed by atoms with Crippen LogP contribution in [0.5, 0.6) is 0 Å². The fourth-order valence-corrected chi connectivity index (χ4v) is 1.75. The van der Waals surface area contributed by atoms with Gasteiger partial charge in [-0.15, -0.1) is 0 Å². The van der Waals surface area contributed by atoms with Gasteiger partial charge >= 0.3 is 0 Å². The van der Waals surface area contributed by atoms with Crippen LogP contribution in [-0.4, -0.2) is 11.7 Å². The summed E-state index contributed by atoms with van der Waals surface area (Å²) in [5, 5.41) is 8.97. The molecule has 1 aliphatic rings. The number of hydrogen-bond donors (Lipinski definition) is 1. The second-order valence-electron chi connectivity index (χ2n) is 3.32. The van der Waals surface area contributed by atoms with Crippen LogP contribution >= 0.6 is 0 Å². The molecule has 1 nitrogen and oxygen atoms in total. The van der Waals surface area contributed by atoms with E-state index in [1.54, 1.807) is 0 Å². The highest BCUT2D eigenvalue weighted by Gasteiger charge is 2.22. The van der Waals surface area contributed by atoms with Gasteiger partial charge in [0.1, 0.15) is 0 Å². The van der Waals surface area contributed by atoms with E-state index in [1.165, 1.54) is 18.4 Å². The molecule has 0 amide bonds. The zero-order chi connectivity index (χ0) is 7.56. The highest BCUT2D eigenvalue weighted by Crippen LogP contribution is 2.32. The van der Waals surface area contributed by atoms with Crippen molar-refractivity contribution in [3.63, 3.8) is 0 Å². The van der Waals surface area contributed by atoms with Crippen molar-refractivity contribution in [1.82, 2.24) is 0 Å². The standard InChI is InChI=1S/C9H16O/c1-7-4-3-5-8(2)9(7)6-10/h8-10H,1,3-6H2,2H3/t8?,9-/m1/s1. The van der Waals surface area contributed by atoms with Gasteiger partial charge in [0.2, 0.25) is 0 Å². The van der Waals surface area contributed by atoms with Crippen molar-refractivity contribution in [1.29, 1.82) is 0 Å². The summed E-state index contributed by atoms with van der Waals surface area (Å²) >= 11 is 0. The fourth-order valence-electron chi connectivity index (χ4n) is 1.75. The van der Waals surface area contributed by atoms with Gasteiger partial charge < -0.3 is 5.11 Å². The fraction of sp³-hybridized carbons (Fsp3) is 0.778. The van der Waals surface area contributed by atoms with Crippen molar-refractivity contribution in [3.8, 4) is 0 Å². The maximum Gasteiger partial charge on any atom is 0.0498 e. The summed E-state index contributed by atoms with van der Waals surface area (Å²) in [5.74, 6) is 1.03. The van der Waals surface area contributed by atoms with E-state index in [0.29, 0.717) is 18.4 Å². The number of hydrogen-bond acceptors (Lipinski definition) is 1. The van der Waals surface area contributed by atoms with Crippen LogP contribution in [0.15, 0.2) is 12.2 Å². The highest BCUT2D eigenvalue weighted by molar-refractivity contribution is 5.05. The lowest BCUT2D eigenvalue weighted by molar-refractivity contribution is 0.184. The van der Waals surface area contributed by atoms with E-state index in [2.05, 4.69) is 13.5 Å². The minimum absolute atomic E-state index is 0.292. The third-order valence-corrected chi connectivity index (χ3v) is 2.57. The molecule has 1 heteroatoms. The minimum atomic E-state index is 0.292. The highest BCUT2D eigenvalue weighted by atomic mass is 16.3. The first-order chi connectivity index (χ1) is 4.75. The Morgan fingerprint density at radius 3 is 2.80 bits per heavy atom. The predicted molar refractivity (Wildman–Crippen MR) is 42.7 cm³/mol. The van der Waals surface area contributed by atoms with Crippen molar-refractivity contribution in [2.45, 2.75) is 26.2 Å². The molecule has 1 aliphatic carbocycles. The zero-order valence-electron chi connectivity index (χ0n) is 6.64. The van der Waals surface area contributed by atoms with E-state index >= 15 is 0 Å². The second kappa shape index (κ2) is 3.20. The Morgan fingerprint density at radius 1 is 1.70 bits per heavy atom. The molecule has 2 atom stereocenters. The van der Waals surface area contributed by atoms with E-state index < -0.39 is 0 Å². The zero-order valence-corrected chi connectivity index (χ0v) is 6.64. The molecule has 10 heavy (non-hydrogen) atoms. The van der Waals surface area contributed by atoms with Crippen molar-refractivity contribution >= 4 is 0 Å². The van der Waals surface area contributed by atoms with Crippen LogP contribution in [0.4, 0.5) is 0 Å².